The van der Waals surface area contributed by atoms with Gasteiger partial charge in [0.2, 0.25) is 0 Å². The lowest BCUT2D eigenvalue weighted by Gasteiger charge is -2.32. The minimum absolute atomic E-state index is 0.00505. The molecule has 0 spiro atoms. The van der Waals surface area contributed by atoms with E-state index in [1.165, 1.54) is 0 Å². The number of aryl methyl sites for hydroxylation is 1. The van der Waals surface area contributed by atoms with Gasteiger partial charge in [-0.05, 0) is 37.6 Å². The third-order valence-corrected chi connectivity index (χ3v) is 5.17. The Morgan fingerprint density at radius 1 is 1.08 bits per heavy atom. The highest BCUT2D eigenvalue weighted by atomic mass is 16.3. The second-order valence-corrected chi connectivity index (χ2v) is 6.81. The van der Waals surface area contributed by atoms with E-state index in [0.29, 0.717) is 35.6 Å². The molecule has 2 atom stereocenters. The van der Waals surface area contributed by atoms with Gasteiger partial charge in [-0.1, -0.05) is 0 Å². The van der Waals surface area contributed by atoms with Crippen molar-refractivity contribution in [2.45, 2.75) is 31.6 Å². The summed E-state index contributed by atoms with van der Waals surface area (Å²) < 4.78 is 11.3. The van der Waals surface area contributed by atoms with Gasteiger partial charge >= 0.3 is 0 Å². The maximum Gasteiger partial charge on any atom is 0.270 e. The molecule has 132 valence electrons. The molecular weight excluding hydrogens is 334 g/mol. The van der Waals surface area contributed by atoms with Crippen LogP contribution in [-0.2, 0) is 4.79 Å². The molecule has 3 aromatic rings. The number of ketones is 1. The summed E-state index contributed by atoms with van der Waals surface area (Å²) in [5.41, 5.74) is 1.66. The van der Waals surface area contributed by atoms with Crippen LogP contribution in [0.3, 0.4) is 0 Å². The molecular formula is C19H17N3O4. The number of carbonyl (C=O) groups excluding carboxylic acids is 1. The molecule has 0 saturated carbocycles. The van der Waals surface area contributed by atoms with Crippen molar-refractivity contribution >= 4 is 11.6 Å². The Morgan fingerprint density at radius 3 is 2.69 bits per heavy atom. The minimum atomic E-state index is -0.505. The molecule has 2 aliphatic rings. The maximum absolute atomic E-state index is 13.1. The third-order valence-electron chi connectivity index (χ3n) is 5.17. The number of aromatic nitrogens is 2. The molecule has 3 aromatic heterocycles. The smallest absolute Gasteiger partial charge is 0.270 e. The molecule has 7 heteroatoms. The lowest BCUT2D eigenvalue weighted by Crippen LogP contribution is -2.31. The van der Waals surface area contributed by atoms with Crippen molar-refractivity contribution in [2.24, 2.45) is 0 Å². The highest BCUT2D eigenvalue weighted by Gasteiger charge is 2.42. The van der Waals surface area contributed by atoms with Crippen molar-refractivity contribution in [2.75, 3.05) is 5.32 Å². The average molecular weight is 351 g/mol. The zero-order valence-electron chi connectivity index (χ0n) is 14.1. The molecule has 0 saturated heterocycles. The second-order valence-electron chi connectivity index (χ2n) is 6.81. The number of allylic oxidation sites excluding steroid dienone is 2. The molecule has 1 aliphatic heterocycles. The predicted molar refractivity (Wildman–Crippen MR) is 93.0 cm³/mol. The Balaban J connectivity index is 1.66. The quantitative estimate of drug-likeness (QED) is 0.658. The number of Topliss-reactive ketones (excluding diaryl/α,β-unsaturated/α-hetero) is 1. The van der Waals surface area contributed by atoms with E-state index in [1.54, 1.807) is 6.26 Å². The number of fused-ring (bicyclic) bond motifs is 1. The summed E-state index contributed by atoms with van der Waals surface area (Å²) in [6.07, 6.45) is 2.60. The van der Waals surface area contributed by atoms with Crippen LogP contribution in [0.4, 0.5) is 5.82 Å². The van der Waals surface area contributed by atoms with Crippen LogP contribution in [0.15, 0.2) is 55.4 Å². The number of carbonyl (C=O) groups is 1. The Labute approximate surface area is 148 Å². The van der Waals surface area contributed by atoms with Crippen molar-refractivity contribution in [1.29, 1.82) is 0 Å². The zero-order chi connectivity index (χ0) is 17.8. The number of rotatable bonds is 2. The standard InChI is InChI=1S/C19H17N3O4/c1-9-4-5-14(26-9)16-15-11(20-18-17(16)19(24)22-21-18)7-10(8-12(15)23)13-3-2-6-25-13/h2-6,10,16H,7-8H2,1H3,(H3,20,21,22,24)/t10-,16-/m1/s1. The molecule has 0 radical (unpaired) electrons. The molecule has 5 rings (SSSR count). The molecule has 7 nitrogen and oxygen atoms in total. The van der Waals surface area contributed by atoms with Crippen LogP contribution in [0.1, 0.15) is 47.5 Å². The lowest BCUT2D eigenvalue weighted by molar-refractivity contribution is -0.116. The first kappa shape index (κ1) is 15.1. The largest absolute Gasteiger partial charge is 0.469 e. The number of furan rings is 2. The first-order chi connectivity index (χ1) is 12.6. The van der Waals surface area contributed by atoms with Crippen LogP contribution < -0.4 is 10.9 Å². The van der Waals surface area contributed by atoms with Gasteiger partial charge in [-0.15, -0.1) is 0 Å². The topological polar surface area (TPSA) is 104 Å². The molecule has 0 bridgehead atoms. The van der Waals surface area contributed by atoms with Gasteiger partial charge in [0.05, 0.1) is 17.7 Å². The van der Waals surface area contributed by atoms with Crippen LogP contribution in [-0.4, -0.2) is 16.0 Å². The van der Waals surface area contributed by atoms with Gasteiger partial charge in [-0.25, -0.2) is 0 Å². The minimum Gasteiger partial charge on any atom is -0.469 e. The number of aromatic amines is 2. The number of anilines is 1. The van der Waals surface area contributed by atoms with Gasteiger partial charge in [-0.3, -0.25) is 19.8 Å². The Hall–Kier alpha value is -3.22. The molecule has 1 aliphatic carbocycles. The van der Waals surface area contributed by atoms with Gasteiger partial charge in [0.15, 0.2) is 5.78 Å². The van der Waals surface area contributed by atoms with Crippen LogP contribution in [0, 0.1) is 6.92 Å². The monoisotopic (exact) mass is 351 g/mol. The Morgan fingerprint density at radius 2 is 1.96 bits per heavy atom. The fourth-order valence-electron chi connectivity index (χ4n) is 4.04. The summed E-state index contributed by atoms with van der Waals surface area (Å²) >= 11 is 0. The van der Waals surface area contributed by atoms with Crippen LogP contribution >= 0.6 is 0 Å². The molecule has 0 fully saturated rings. The van der Waals surface area contributed by atoms with E-state index in [9.17, 15) is 9.59 Å². The second kappa shape index (κ2) is 5.39. The van der Waals surface area contributed by atoms with Crippen LogP contribution in [0.2, 0.25) is 0 Å². The highest BCUT2D eigenvalue weighted by molar-refractivity contribution is 6.01. The summed E-state index contributed by atoms with van der Waals surface area (Å²) in [5.74, 6) is 2.21. The normalized spacial score (nSPS) is 22.1. The van der Waals surface area contributed by atoms with Gasteiger partial charge in [0.1, 0.15) is 23.1 Å². The number of nitrogens with one attached hydrogen (secondary N) is 3. The summed E-state index contributed by atoms with van der Waals surface area (Å²) in [5, 5.41) is 8.72. The van der Waals surface area contributed by atoms with Crippen molar-refractivity contribution in [1.82, 2.24) is 10.2 Å². The molecule has 0 unspecified atom stereocenters. The van der Waals surface area contributed by atoms with Crippen molar-refractivity contribution in [3.8, 4) is 0 Å². The SMILES string of the molecule is Cc1ccc([C@@H]2C3=C(C[C@@H](c4ccco4)CC3=O)Nc3[nH][nH]c(=O)c32)o1. The van der Waals surface area contributed by atoms with Gasteiger partial charge in [0.25, 0.3) is 5.56 Å². The van der Waals surface area contributed by atoms with E-state index in [2.05, 4.69) is 15.5 Å². The summed E-state index contributed by atoms with van der Waals surface area (Å²) in [7, 11) is 0. The van der Waals surface area contributed by atoms with Crippen molar-refractivity contribution in [3.05, 3.63) is 75.0 Å². The molecule has 4 heterocycles. The molecule has 0 aromatic carbocycles. The number of hydrogen-bond donors (Lipinski definition) is 3. The van der Waals surface area contributed by atoms with Crippen molar-refractivity contribution < 1.29 is 13.6 Å². The van der Waals surface area contributed by atoms with E-state index in [0.717, 1.165) is 17.2 Å². The van der Waals surface area contributed by atoms with Gasteiger partial charge < -0.3 is 14.2 Å². The summed E-state index contributed by atoms with van der Waals surface area (Å²) in [4.78, 5) is 25.4. The van der Waals surface area contributed by atoms with Crippen molar-refractivity contribution in [3.63, 3.8) is 0 Å². The highest BCUT2D eigenvalue weighted by Crippen LogP contribution is 2.46. The first-order valence-corrected chi connectivity index (χ1v) is 8.55. The number of hydrogen-bond acceptors (Lipinski definition) is 5. The first-order valence-electron chi connectivity index (χ1n) is 8.55. The van der Waals surface area contributed by atoms with E-state index in [-0.39, 0.29) is 17.3 Å². The van der Waals surface area contributed by atoms with E-state index in [4.69, 9.17) is 8.83 Å². The van der Waals surface area contributed by atoms with E-state index in [1.807, 2.05) is 31.2 Å². The molecule has 3 N–H and O–H groups in total. The maximum atomic E-state index is 13.1. The van der Waals surface area contributed by atoms with E-state index >= 15 is 0 Å². The number of H-pyrrole nitrogens is 2. The Bertz CT molecular complexity index is 1080. The third kappa shape index (κ3) is 2.13. The average Bonchev–Trinajstić information content (AvgIpc) is 3.35. The lowest BCUT2D eigenvalue weighted by atomic mass is 9.75. The fraction of sp³-hybridized carbons (Fsp3) is 0.263. The molecule has 0 amide bonds. The van der Waals surface area contributed by atoms with Gasteiger partial charge in [0, 0.05) is 23.6 Å². The fourth-order valence-corrected chi connectivity index (χ4v) is 4.04. The predicted octanol–water partition coefficient (Wildman–Crippen LogP) is 3.16. The summed E-state index contributed by atoms with van der Waals surface area (Å²) in [6, 6.07) is 7.40. The van der Waals surface area contributed by atoms with E-state index < -0.39 is 5.92 Å². The zero-order valence-corrected chi connectivity index (χ0v) is 14.1. The van der Waals surface area contributed by atoms with Crippen LogP contribution in [0.25, 0.3) is 0 Å². The van der Waals surface area contributed by atoms with Crippen LogP contribution in [0.5, 0.6) is 0 Å². The summed E-state index contributed by atoms with van der Waals surface area (Å²) in [6.45, 7) is 1.85. The molecule has 26 heavy (non-hydrogen) atoms. The Kier molecular flexibility index (Phi) is 3.12. The van der Waals surface area contributed by atoms with Gasteiger partial charge in [-0.2, -0.15) is 0 Å².